The maximum Gasteiger partial charge on any atom is 0.0146 e. The van der Waals surface area contributed by atoms with Crippen molar-refractivity contribution >= 4 is 0 Å². The van der Waals surface area contributed by atoms with E-state index in [0.717, 1.165) is 5.92 Å². The smallest absolute Gasteiger partial charge is 0.0146 e. The molecule has 0 bridgehead atoms. The Morgan fingerprint density at radius 2 is 2.10 bits per heavy atom. The van der Waals surface area contributed by atoms with Crippen LogP contribution in [0, 0.1) is 11.3 Å². The highest BCUT2D eigenvalue weighted by atomic mass is 15.2. The molecule has 58 valence electrons. The van der Waals surface area contributed by atoms with Crippen molar-refractivity contribution in [2.24, 2.45) is 17.1 Å². The van der Waals surface area contributed by atoms with Crippen LogP contribution in [0.15, 0.2) is 0 Å². The van der Waals surface area contributed by atoms with E-state index in [1.165, 1.54) is 19.5 Å². The standard InChI is InChI=1S/C8H16N2/c1-6-3-8(7(6)9)4-10(2)5-8/h6-7H,3-5,9H2,1-2H3. The molecular weight excluding hydrogens is 124 g/mol. The van der Waals surface area contributed by atoms with Gasteiger partial charge < -0.3 is 10.6 Å². The molecule has 0 aromatic carbocycles. The van der Waals surface area contributed by atoms with Crippen molar-refractivity contribution in [3.8, 4) is 0 Å². The van der Waals surface area contributed by atoms with Gasteiger partial charge in [0.2, 0.25) is 0 Å². The monoisotopic (exact) mass is 140 g/mol. The Kier molecular flexibility index (Phi) is 1.15. The van der Waals surface area contributed by atoms with Crippen LogP contribution in [0.25, 0.3) is 0 Å². The third-order valence-electron chi connectivity index (χ3n) is 3.22. The van der Waals surface area contributed by atoms with Crippen LogP contribution < -0.4 is 5.73 Å². The van der Waals surface area contributed by atoms with Crippen LogP contribution in [0.1, 0.15) is 13.3 Å². The Morgan fingerprint density at radius 1 is 1.50 bits per heavy atom. The predicted molar refractivity (Wildman–Crippen MR) is 41.7 cm³/mol. The lowest BCUT2D eigenvalue weighted by Gasteiger charge is -2.62. The van der Waals surface area contributed by atoms with Crippen LogP contribution in [-0.2, 0) is 0 Å². The summed E-state index contributed by atoms with van der Waals surface area (Å²) in [5.74, 6) is 0.772. The van der Waals surface area contributed by atoms with Gasteiger partial charge >= 0.3 is 0 Å². The molecule has 1 saturated carbocycles. The molecule has 2 aliphatic rings. The molecule has 2 atom stereocenters. The number of nitrogens with two attached hydrogens (primary N) is 1. The van der Waals surface area contributed by atoms with Gasteiger partial charge in [0.25, 0.3) is 0 Å². The zero-order valence-corrected chi connectivity index (χ0v) is 6.80. The Labute approximate surface area is 62.4 Å². The Hall–Kier alpha value is -0.0800. The van der Waals surface area contributed by atoms with Gasteiger partial charge in [-0.15, -0.1) is 0 Å². The first-order valence-electron chi connectivity index (χ1n) is 4.08. The highest BCUT2D eigenvalue weighted by Gasteiger charge is 2.55. The van der Waals surface area contributed by atoms with Crippen molar-refractivity contribution in [3.05, 3.63) is 0 Å². The predicted octanol–water partition coefficient (Wildman–Crippen LogP) is 0.285. The van der Waals surface area contributed by atoms with Crippen molar-refractivity contribution in [2.75, 3.05) is 20.1 Å². The zero-order valence-electron chi connectivity index (χ0n) is 6.80. The topological polar surface area (TPSA) is 29.3 Å². The number of hydrogen-bond acceptors (Lipinski definition) is 2. The minimum atomic E-state index is 0.490. The third-order valence-corrected chi connectivity index (χ3v) is 3.22. The summed E-state index contributed by atoms with van der Waals surface area (Å²) < 4.78 is 0. The molecule has 1 spiro atoms. The molecule has 2 nitrogen and oxygen atoms in total. The lowest BCUT2D eigenvalue weighted by molar-refractivity contribution is -0.0971. The van der Waals surface area contributed by atoms with E-state index in [2.05, 4.69) is 18.9 Å². The molecule has 2 fully saturated rings. The first-order valence-corrected chi connectivity index (χ1v) is 4.08. The summed E-state index contributed by atoms with van der Waals surface area (Å²) in [6, 6.07) is 0.490. The van der Waals surface area contributed by atoms with Crippen LogP contribution in [0.2, 0.25) is 0 Å². The molecule has 2 heteroatoms. The number of nitrogens with zero attached hydrogens (tertiary/aromatic N) is 1. The Morgan fingerprint density at radius 3 is 2.40 bits per heavy atom. The van der Waals surface area contributed by atoms with Gasteiger partial charge in [-0.25, -0.2) is 0 Å². The molecule has 1 aliphatic carbocycles. The lowest BCUT2D eigenvalue weighted by Crippen LogP contribution is -2.71. The molecule has 1 aliphatic heterocycles. The second-order valence-corrected chi connectivity index (χ2v) is 4.24. The van der Waals surface area contributed by atoms with Crippen molar-refractivity contribution in [3.63, 3.8) is 0 Å². The summed E-state index contributed by atoms with van der Waals surface area (Å²) in [6.07, 6.45) is 1.36. The lowest BCUT2D eigenvalue weighted by atomic mass is 9.55. The third kappa shape index (κ3) is 0.611. The van der Waals surface area contributed by atoms with E-state index in [0.29, 0.717) is 11.5 Å². The highest BCUT2D eigenvalue weighted by Crippen LogP contribution is 2.49. The molecule has 0 amide bonds. The van der Waals surface area contributed by atoms with Crippen LogP contribution >= 0.6 is 0 Å². The first-order chi connectivity index (χ1) is 4.64. The summed E-state index contributed by atoms with van der Waals surface area (Å²) in [5, 5.41) is 0. The molecule has 2 unspecified atom stereocenters. The maximum atomic E-state index is 6.00. The summed E-state index contributed by atoms with van der Waals surface area (Å²) in [7, 11) is 2.17. The van der Waals surface area contributed by atoms with E-state index in [1.54, 1.807) is 0 Å². The molecule has 1 saturated heterocycles. The van der Waals surface area contributed by atoms with Crippen LogP contribution in [-0.4, -0.2) is 31.1 Å². The molecule has 0 aromatic heterocycles. The molecule has 0 aromatic rings. The van der Waals surface area contributed by atoms with Crippen molar-refractivity contribution in [2.45, 2.75) is 19.4 Å². The van der Waals surface area contributed by atoms with E-state index in [1.807, 2.05) is 0 Å². The van der Waals surface area contributed by atoms with E-state index < -0.39 is 0 Å². The summed E-state index contributed by atoms with van der Waals surface area (Å²) >= 11 is 0. The van der Waals surface area contributed by atoms with Crippen LogP contribution in [0.4, 0.5) is 0 Å². The normalized spacial score (nSPS) is 44.7. The molecule has 2 rings (SSSR count). The Bertz CT molecular complexity index is 144. The SMILES string of the molecule is CC1CC2(CN(C)C2)C1N. The second kappa shape index (κ2) is 1.74. The number of rotatable bonds is 0. The van der Waals surface area contributed by atoms with Crippen molar-refractivity contribution in [1.29, 1.82) is 0 Å². The second-order valence-electron chi connectivity index (χ2n) is 4.24. The largest absolute Gasteiger partial charge is 0.327 e. The van der Waals surface area contributed by atoms with E-state index in [4.69, 9.17) is 5.73 Å². The van der Waals surface area contributed by atoms with E-state index in [-0.39, 0.29) is 0 Å². The molecule has 10 heavy (non-hydrogen) atoms. The summed E-state index contributed by atoms with van der Waals surface area (Å²) in [6.45, 7) is 4.73. The van der Waals surface area contributed by atoms with Crippen LogP contribution in [0.5, 0.6) is 0 Å². The maximum absolute atomic E-state index is 6.00. The molecule has 2 N–H and O–H groups in total. The Balaban J connectivity index is 1.97. The van der Waals surface area contributed by atoms with Gasteiger partial charge in [-0.3, -0.25) is 0 Å². The van der Waals surface area contributed by atoms with E-state index in [9.17, 15) is 0 Å². The average Bonchev–Trinajstić information content (AvgIpc) is 1.84. The average molecular weight is 140 g/mol. The minimum Gasteiger partial charge on any atom is -0.327 e. The van der Waals surface area contributed by atoms with Gasteiger partial charge in [0, 0.05) is 24.5 Å². The van der Waals surface area contributed by atoms with Crippen LogP contribution in [0.3, 0.4) is 0 Å². The quantitative estimate of drug-likeness (QED) is 0.524. The van der Waals surface area contributed by atoms with Gasteiger partial charge in [-0.05, 0) is 19.4 Å². The van der Waals surface area contributed by atoms with Gasteiger partial charge in [-0.2, -0.15) is 0 Å². The number of hydrogen-bond donors (Lipinski definition) is 1. The molecule has 0 radical (unpaired) electrons. The fourth-order valence-corrected chi connectivity index (χ4v) is 2.72. The van der Waals surface area contributed by atoms with Crippen molar-refractivity contribution < 1.29 is 0 Å². The highest BCUT2D eigenvalue weighted by molar-refractivity contribution is 5.10. The number of likely N-dealkylation sites (tertiary alicyclic amines) is 1. The summed E-state index contributed by atoms with van der Waals surface area (Å²) in [4.78, 5) is 2.35. The van der Waals surface area contributed by atoms with Crippen molar-refractivity contribution in [1.82, 2.24) is 4.90 Å². The molecular formula is C8H16N2. The van der Waals surface area contributed by atoms with Gasteiger partial charge in [-0.1, -0.05) is 6.92 Å². The fraction of sp³-hybridized carbons (Fsp3) is 1.00. The fourth-order valence-electron chi connectivity index (χ4n) is 2.72. The van der Waals surface area contributed by atoms with Gasteiger partial charge in [0.15, 0.2) is 0 Å². The minimum absolute atomic E-state index is 0.490. The molecule has 1 heterocycles. The summed E-state index contributed by atoms with van der Waals surface area (Å²) in [5.41, 5.74) is 6.55. The van der Waals surface area contributed by atoms with E-state index >= 15 is 0 Å². The van der Waals surface area contributed by atoms with Gasteiger partial charge in [0.05, 0.1) is 0 Å². The first kappa shape index (κ1) is 6.62. The zero-order chi connectivity index (χ0) is 7.35. The van der Waals surface area contributed by atoms with Gasteiger partial charge in [0.1, 0.15) is 0 Å².